The summed E-state index contributed by atoms with van der Waals surface area (Å²) < 4.78 is 26.7. The number of carbonyl (C=O) groups is 3. The Hall–Kier alpha value is -5.36. The molecule has 0 unspecified atom stereocenters. The van der Waals surface area contributed by atoms with Crippen molar-refractivity contribution in [2.75, 3.05) is 48.6 Å². The van der Waals surface area contributed by atoms with Gasteiger partial charge in [-0.15, -0.1) is 11.8 Å². The molecule has 0 aromatic heterocycles. The first-order valence-corrected chi connectivity index (χ1v) is 17.9. The minimum atomic E-state index is -1.47. The van der Waals surface area contributed by atoms with Gasteiger partial charge in [-0.1, -0.05) is 54.6 Å². The molecule has 0 aliphatic rings. The molecular weight excluding hydrogens is 683 g/mol. The predicted molar refractivity (Wildman–Crippen MR) is 203 cm³/mol. The predicted octanol–water partition coefficient (Wildman–Crippen LogP) is 4.78. The molecule has 0 bridgehead atoms. The molecule has 1 atom stereocenters. The standard InChI is InChI=1S/C40H47N3O8S/c1-47-31-15-11-30(12-16-31)26-52-36(25-27-9-7-6-8-10-27)38(44)43-37(39(45)41-21-19-28-13-17-32(48-2)34(23-28)50-4)40(46)42-22-20-29-14-18-33(49-3)35(24-29)51-5/h6-18,23-24,36-37H,19-22,25-26H2,1-5H3,(H,41,45)(H,42,46)(H,43,44)/t36-/m0/s1. The van der Waals surface area contributed by atoms with Crippen molar-refractivity contribution in [1.82, 2.24) is 16.0 Å². The summed E-state index contributed by atoms with van der Waals surface area (Å²) in [5.74, 6) is 1.96. The molecule has 276 valence electrons. The van der Waals surface area contributed by atoms with E-state index in [1.54, 1.807) is 47.7 Å². The molecule has 4 aromatic carbocycles. The van der Waals surface area contributed by atoms with Gasteiger partial charge in [0.25, 0.3) is 11.8 Å². The maximum absolute atomic E-state index is 14.0. The van der Waals surface area contributed by atoms with E-state index in [4.69, 9.17) is 23.7 Å². The maximum atomic E-state index is 14.0. The van der Waals surface area contributed by atoms with Gasteiger partial charge in [0, 0.05) is 18.8 Å². The van der Waals surface area contributed by atoms with Gasteiger partial charge in [0.15, 0.2) is 29.0 Å². The van der Waals surface area contributed by atoms with Crippen molar-refractivity contribution < 1.29 is 38.1 Å². The normalized spacial score (nSPS) is 11.3. The first kappa shape index (κ1) is 39.4. The molecule has 12 heteroatoms. The Labute approximate surface area is 309 Å². The Morgan fingerprint density at radius 3 is 1.54 bits per heavy atom. The van der Waals surface area contributed by atoms with Crippen molar-refractivity contribution in [3.63, 3.8) is 0 Å². The Morgan fingerprint density at radius 2 is 1.06 bits per heavy atom. The van der Waals surface area contributed by atoms with Crippen LogP contribution in [0.3, 0.4) is 0 Å². The first-order valence-electron chi connectivity index (χ1n) is 16.8. The van der Waals surface area contributed by atoms with Crippen LogP contribution in [0.2, 0.25) is 0 Å². The van der Waals surface area contributed by atoms with Crippen LogP contribution in [-0.2, 0) is 39.4 Å². The lowest BCUT2D eigenvalue weighted by atomic mass is 10.1. The molecule has 0 radical (unpaired) electrons. The molecule has 4 rings (SSSR count). The average Bonchev–Trinajstić information content (AvgIpc) is 3.18. The number of benzene rings is 4. The molecular formula is C40H47N3O8S. The van der Waals surface area contributed by atoms with E-state index in [1.165, 1.54) is 11.8 Å². The lowest BCUT2D eigenvalue weighted by molar-refractivity contribution is -0.136. The fourth-order valence-electron chi connectivity index (χ4n) is 5.40. The zero-order valence-corrected chi connectivity index (χ0v) is 31.0. The minimum absolute atomic E-state index is 0.222. The highest BCUT2D eigenvalue weighted by Crippen LogP contribution is 2.29. The summed E-state index contributed by atoms with van der Waals surface area (Å²) in [6.45, 7) is 0.443. The number of methoxy groups -OCH3 is 5. The van der Waals surface area contributed by atoms with Gasteiger partial charge in [-0.2, -0.15) is 0 Å². The van der Waals surface area contributed by atoms with Gasteiger partial charge in [-0.25, -0.2) is 0 Å². The van der Waals surface area contributed by atoms with E-state index in [-0.39, 0.29) is 13.1 Å². The summed E-state index contributed by atoms with van der Waals surface area (Å²) >= 11 is 1.44. The average molecular weight is 730 g/mol. The summed E-state index contributed by atoms with van der Waals surface area (Å²) in [5.41, 5.74) is 3.76. The van der Waals surface area contributed by atoms with Crippen molar-refractivity contribution in [2.24, 2.45) is 0 Å². The van der Waals surface area contributed by atoms with Crippen LogP contribution in [0.4, 0.5) is 0 Å². The molecule has 3 amide bonds. The van der Waals surface area contributed by atoms with Gasteiger partial charge in [-0.05, 0) is 77.9 Å². The SMILES string of the molecule is COc1ccc(CS[C@@H](Cc2ccccc2)C(=O)NC(C(=O)NCCc2ccc(OC)c(OC)c2)C(=O)NCCc2ccc(OC)c(OC)c2)cc1. The van der Waals surface area contributed by atoms with Crippen LogP contribution in [0, 0.1) is 0 Å². The van der Waals surface area contributed by atoms with E-state index >= 15 is 0 Å². The smallest absolute Gasteiger partial charge is 0.252 e. The van der Waals surface area contributed by atoms with Crippen LogP contribution < -0.4 is 39.6 Å². The third-order valence-electron chi connectivity index (χ3n) is 8.30. The summed E-state index contributed by atoms with van der Waals surface area (Å²) in [6.07, 6.45) is 1.33. The second-order valence-electron chi connectivity index (χ2n) is 11.7. The molecule has 0 spiro atoms. The van der Waals surface area contributed by atoms with Crippen LogP contribution in [0.15, 0.2) is 91.0 Å². The Bertz CT molecular complexity index is 1680. The minimum Gasteiger partial charge on any atom is -0.497 e. The first-order chi connectivity index (χ1) is 25.3. The van der Waals surface area contributed by atoms with Gasteiger partial charge in [0.05, 0.1) is 40.8 Å². The van der Waals surface area contributed by atoms with Crippen molar-refractivity contribution >= 4 is 29.5 Å². The molecule has 11 nitrogen and oxygen atoms in total. The second-order valence-corrected chi connectivity index (χ2v) is 12.9. The fourth-order valence-corrected chi connectivity index (χ4v) is 6.51. The summed E-state index contributed by atoms with van der Waals surface area (Å²) in [6, 6.07) is 26.8. The van der Waals surface area contributed by atoms with Gasteiger partial charge in [0.1, 0.15) is 5.75 Å². The highest BCUT2D eigenvalue weighted by molar-refractivity contribution is 7.99. The lowest BCUT2D eigenvalue weighted by Crippen LogP contribution is -2.57. The number of hydrogen-bond acceptors (Lipinski definition) is 9. The van der Waals surface area contributed by atoms with E-state index in [0.29, 0.717) is 48.0 Å². The Balaban J connectivity index is 1.49. The quantitative estimate of drug-likeness (QED) is 0.110. The third-order valence-corrected chi connectivity index (χ3v) is 9.58. The Morgan fingerprint density at radius 1 is 0.558 bits per heavy atom. The fraction of sp³-hybridized carbons (Fsp3) is 0.325. The van der Waals surface area contributed by atoms with E-state index in [0.717, 1.165) is 28.0 Å². The number of carbonyl (C=O) groups excluding carboxylic acids is 3. The molecule has 0 saturated carbocycles. The monoisotopic (exact) mass is 729 g/mol. The molecule has 4 aromatic rings. The van der Waals surface area contributed by atoms with Gasteiger partial charge in [-0.3, -0.25) is 14.4 Å². The highest BCUT2D eigenvalue weighted by Gasteiger charge is 2.31. The maximum Gasteiger partial charge on any atom is 0.252 e. The zero-order chi connectivity index (χ0) is 37.3. The summed E-state index contributed by atoms with van der Waals surface area (Å²) in [7, 11) is 7.85. The Kier molecular flexibility index (Phi) is 15.5. The number of ether oxygens (including phenoxy) is 5. The number of nitrogens with one attached hydrogen (secondary N) is 3. The van der Waals surface area contributed by atoms with Crippen LogP contribution in [0.1, 0.15) is 22.3 Å². The number of hydrogen-bond donors (Lipinski definition) is 3. The number of rotatable bonds is 20. The van der Waals surface area contributed by atoms with E-state index in [1.807, 2.05) is 78.9 Å². The van der Waals surface area contributed by atoms with Crippen molar-refractivity contribution in [3.05, 3.63) is 113 Å². The van der Waals surface area contributed by atoms with Crippen LogP contribution in [0.5, 0.6) is 28.7 Å². The van der Waals surface area contributed by atoms with Crippen LogP contribution in [0.25, 0.3) is 0 Å². The molecule has 0 aliphatic heterocycles. The molecule has 0 aliphatic carbocycles. The number of thioether (sulfide) groups is 1. The topological polar surface area (TPSA) is 133 Å². The molecule has 0 saturated heterocycles. The van der Waals surface area contributed by atoms with Crippen molar-refractivity contribution in [3.8, 4) is 28.7 Å². The number of amides is 3. The second kappa shape index (κ2) is 20.5. The van der Waals surface area contributed by atoms with Crippen molar-refractivity contribution in [2.45, 2.75) is 36.3 Å². The summed E-state index contributed by atoms with van der Waals surface area (Å²) in [4.78, 5) is 41.3. The molecule has 0 fully saturated rings. The molecule has 0 heterocycles. The van der Waals surface area contributed by atoms with Gasteiger partial charge >= 0.3 is 0 Å². The lowest BCUT2D eigenvalue weighted by Gasteiger charge is -2.22. The zero-order valence-electron chi connectivity index (χ0n) is 30.2. The van der Waals surface area contributed by atoms with E-state index < -0.39 is 29.0 Å². The van der Waals surface area contributed by atoms with Gasteiger partial charge < -0.3 is 39.6 Å². The molecule has 3 N–H and O–H groups in total. The van der Waals surface area contributed by atoms with Gasteiger partial charge in [0.2, 0.25) is 5.91 Å². The van der Waals surface area contributed by atoms with E-state index in [2.05, 4.69) is 16.0 Å². The van der Waals surface area contributed by atoms with Crippen molar-refractivity contribution in [1.29, 1.82) is 0 Å². The van der Waals surface area contributed by atoms with E-state index in [9.17, 15) is 14.4 Å². The largest absolute Gasteiger partial charge is 0.497 e. The summed E-state index contributed by atoms with van der Waals surface area (Å²) in [5, 5.41) is 7.87. The molecule has 52 heavy (non-hydrogen) atoms. The van der Waals surface area contributed by atoms with Crippen LogP contribution >= 0.6 is 11.8 Å². The highest BCUT2D eigenvalue weighted by atomic mass is 32.2. The third kappa shape index (κ3) is 11.6. The van der Waals surface area contributed by atoms with Crippen LogP contribution in [-0.4, -0.2) is 77.7 Å².